The van der Waals surface area contributed by atoms with Crippen LogP contribution in [0.2, 0.25) is 0 Å². The van der Waals surface area contributed by atoms with Gasteiger partial charge in [0.05, 0.1) is 4.88 Å². The Morgan fingerprint density at radius 3 is 2.45 bits per heavy atom. The van der Waals surface area contributed by atoms with E-state index < -0.39 is 0 Å². The van der Waals surface area contributed by atoms with Crippen molar-refractivity contribution in [2.24, 2.45) is 0 Å². The quantitative estimate of drug-likeness (QED) is 0.573. The van der Waals surface area contributed by atoms with Gasteiger partial charge in [0.25, 0.3) is 0 Å². The highest BCUT2D eigenvalue weighted by atomic mass is 32.1. The first-order chi connectivity index (χ1) is 10.6. The summed E-state index contributed by atoms with van der Waals surface area (Å²) in [5, 5.41) is 5.61. The number of benzene rings is 2. The summed E-state index contributed by atoms with van der Waals surface area (Å²) in [6.45, 7) is 8.47. The Morgan fingerprint density at radius 1 is 0.909 bits per heavy atom. The molecule has 3 aromatic rings. The van der Waals surface area contributed by atoms with Crippen molar-refractivity contribution in [3.05, 3.63) is 70.4 Å². The van der Waals surface area contributed by atoms with Gasteiger partial charge in [0, 0.05) is 22.5 Å². The predicted octanol–water partition coefficient (Wildman–Crippen LogP) is 6.10. The summed E-state index contributed by atoms with van der Waals surface area (Å²) in [5.74, 6) is 0. The topological polar surface area (TPSA) is 12.0 Å². The molecule has 1 aliphatic rings. The van der Waals surface area contributed by atoms with E-state index in [1.165, 1.54) is 38.3 Å². The molecule has 0 spiro atoms. The second-order valence-corrected chi connectivity index (χ2v) is 6.73. The van der Waals surface area contributed by atoms with Crippen molar-refractivity contribution in [1.82, 2.24) is 0 Å². The van der Waals surface area contributed by atoms with Crippen LogP contribution in [-0.2, 0) is 0 Å². The first-order valence-electron chi connectivity index (χ1n) is 7.40. The molecule has 0 unspecified atom stereocenters. The van der Waals surface area contributed by atoms with Crippen molar-refractivity contribution in [1.29, 1.82) is 0 Å². The van der Waals surface area contributed by atoms with Gasteiger partial charge in [0.2, 0.25) is 0 Å². The summed E-state index contributed by atoms with van der Waals surface area (Å²) in [5.41, 5.74) is 9.91. The van der Waals surface area contributed by atoms with Crippen LogP contribution in [0.4, 0.5) is 5.69 Å². The summed E-state index contributed by atoms with van der Waals surface area (Å²) in [4.78, 5) is 1.24. The third-order valence-corrected chi connectivity index (χ3v) is 5.22. The van der Waals surface area contributed by atoms with Crippen molar-refractivity contribution in [3.8, 4) is 22.3 Å². The molecule has 108 valence electrons. The molecular formula is C20H17NS. The van der Waals surface area contributed by atoms with Gasteiger partial charge in [-0.05, 0) is 48.1 Å². The summed E-state index contributed by atoms with van der Waals surface area (Å²) < 4.78 is 0. The van der Waals surface area contributed by atoms with Crippen LogP contribution in [-0.4, -0.2) is 0 Å². The van der Waals surface area contributed by atoms with Crippen molar-refractivity contribution >= 4 is 22.7 Å². The van der Waals surface area contributed by atoms with Gasteiger partial charge in [-0.25, -0.2) is 0 Å². The highest BCUT2D eigenvalue weighted by Crippen LogP contribution is 2.48. The Kier molecular flexibility index (Phi) is 2.95. The molecule has 0 atom stereocenters. The molecule has 0 radical (unpaired) electrons. The zero-order chi connectivity index (χ0) is 15.3. The Labute approximate surface area is 135 Å². The van der Waals surface area contributed by atoms with Crippen molar-refractivity contribution in [2.75, 3.05) is 5.32 Å². The number of anilines is 1. The number of hydrogen-bond acceptors (Lipinski definition) is 2. The number of fused-ring (bicyclic) bond motifs is 3. The lowest BCUT2D eigenvalue weighted by Crippen LogP contribution is -2.06. The van der Waals surface area contributed by atoms with E-state index in [0.29, 0.717) is 0 Å². The van der Waals surface area contributed by atoms with E-state index in [4.69, 9.17) is 0 Å². The van der Waals surface area contributed by atoms with Crippen LogP contribution >= 0.6 is 11.3 Å². The van der Waals surface area contributed by atoms with Crippen LogP contribution in [0, 0.1) is 13.8 Å². The average Bonchev–Trinajstić information content (AvgIpc) is 2.99. The highest BCUT2D eigenvalue weighted by molar-refractivity contribution is 7.11. The van der Waals surface area contributed by atoms with Gasteiger partial charge in [-0.3, -0.25) is 0 Å². The van der Waals surface area contributed by atoms with Crippen LogP contribution in [0.3, 0.4) is 0 Å². The lowest BCUT2D eigenvalue weighted by atomic mass is 9.87. The molecule has 2 heteroatoms. The smallest absolute Gasteiger partial charge is 0.0578 e. The zero-order valence-corrected chi connectivity index (χ0v) is 13.6. The molecule has 0 saturated heterocycles. The number of thiophene rings is 1. The molecule has 0 fully saturated rings. The van der Waals surface area contributed by atoms with Crippen LogP contribution in [0.15, 0.2) is 54.4 Å². The second kappa shape index (κ2) is 4.85. The van der Waals surface area contributed by atoms with Gasteiger partial charge in [-0.2, -0.15) is 0 Å². The van der Waals surface area contributed by atoms with E-state index in [-0.39, 0.29) is 0 Å². The number of rotatable bonds is 1. The van der Waals surface area contributed by atoms with Crippen molar-refractivity contribution in [3.63, 3.8) is 0 Å². The maximum Gasteiger partial charge on any atom is 0.0578 e. The molecular weight excluding hydrogens is 286 g/mol. The molecule has 2 heterocycles. The molecule has 1 N–H and O–H groups in total. The van der Waals surface area contributed by atoms with E-state index in [2.05, 4.69) is 73.6 Å². The van der Waals surface area contributed by atoms with E-state index >= 15 is 0 Å². The van der Waals surface area contributed by atoms with Gasteiger partial charge >= 0.3 is 0 Å². The van der Waals surface area contributed by atoms with Crippen molar-refractivity contribution in [2.45, 2.75) is 13.8 Å². The van der Waals surface area contributed by atoms with Gasteiger partial charge in [-0.1, -0.05) is 42.5 Å². The Hall–Kier alpha value is -2.32. The van der Waals surface area contributed by atoms with Crippen LogP contribution in [0.5, 0.6) is 0 Å². The monoisotopic (exact) mass is 303 g/mol. The second-order valence-electron chi connectivity index (χ2n) is 5.81. The fourth-order valence-corrected chi connectivity index (χ4v) is 3.97. The van der Waals surface area contributed by atoms with E-state index in [9.17, 15) is 0 Å². The summed E-state index contributed by atoms with van der Waals surface area (Å²) in [6.07, 6.45) is 0. The predicted molar refractivity (Wildman–Crippen MR) is 97.3 cm³/mol. The maximum absolute atomic E-state index is 4.16. The molecule has 1 aliphatic heterocycles. The molecule has 0 aliphatic carbocycles. The van der Waals surface area contributed by atoms with Crippen LogP contribution in [0.25, 0.3) is 28.0 Å². The minimum Gasteiger partial charge on any atom is -0.354 e. The lowest BCUT2D eigenvalue weighted by molar-refractivity contribution is 1.41. The molecule has 1 aromatic heterocycles. The summed E-state index contributed by atoms with van der Waals surface area (Å²) >= 11 is 1.75. The van der Waals surface area contributed by atoms with Crippen LogP contribution < -0.4 is 5.32 Å². The summed E-state index contributed by atoms with van der Waals surface area (Å²) in [6, 6.07) is 15.3. The Balaban J connectivity index is 2.04. The lowest BCUT2D eigenvalue weighted by Gasteiger charge is -2.24. The fraction of sp³-hybridized carbons (Fsp3) is 0.100. The largest absolute Gasteiger partial charge is 0.354 e. The highest BCUT2D eigenvalue weighted by Gasteiger charge is 2.23. The molecule has 0 bridgehead atoms. The first kappa shape index (κ1) is 13.4. The Morgan fingerprint density at radius 2 is 1.68 bits per heavy atom. The SMILES string of the molecule is C=C1Nc2ccc(C)c(-c3ccc(C)cc3)c2-c2ccsc21. The third-order valence-electron chi connectivity index (χ3n) is 4.25. The van der Waals surface area contributed by atoms with E-state index in [1.54, 1.807) is 11.3 Å². The normalized spacial score (nSPS) is 12.5. The van der Waals surface area contributed by atoms with Crippen molar-refractivity contribution < 1.29 is 0 Å². The average molecular weight is 303 g/mol. The van der Waals surface area contributed by atoms with Gasteiger partial charge in [-0.15, -0.1) is 11.3 Å². The maximum atomic E-state index is 4.16. The molecule has 0 amide bonds. The number of aryl methyl sites for hydroxylation is 2. The molecule has 0 saturated carbocycles. The fourth-order valence-electron chi connectivity index (χ4n) is 3.14. The standard InChI is InChI=1S/C20H17NS/c1-12-4-7-15(8-5-12)18-13(2)6-9-17-19(18)16-10-11-22-20(16)14(3)21-17/h4-11,21H,3H2,1-2H3. The molecule has 2 aromatic carbocycles. The Bertz CT molecular complexity index is 885. The minimum atomic E-state index is 0.996. The summed E-state index contributed by atoms with van der Waals surface area (Å²) in [7, 11) is 0. The molecule has 1 nitrogen and oxygen atoms in total. The third kappa shape index (κ3) is 1.92. The number of nitrogens with one attached hydrogen (secondary N) is 1. The van der Waals surface area contributed by atoms with Gasteiger partial charge < -0.3 is 5.32 Å². The van der Waals surface area contributed by atoms with Crippen LogP contribution in [0.1, 0.15) is 16.0 Å². The van der Waals surface area contributed by atoms with E-state index in [1.807, 2.05) is 0 Å². The number of hydrogen-bond donors (Lipinski definition) is 1. The van der Waals surface area contributed by atoms with Gasteiger partial charge in [0.1, 0.15) is 0 Å². The molecule has 22 heavy (non-hydrogen) atoms. The first-order valence-corrected chi connectivity index (χ1v) is 8.28. The molecule has 4 rings (SSSR count). The zero-order valence-electron chi connectivity index (χ0n) is 12.7. The van der Waals surface area contributed by atoms with Gasteiger partial charge in [0.15, 0.2) is 0 Å². The van der Waals surface area contributed by atoms with E-state index in [0.717, 1.165) is 11.4 Å². The minimum absolute atomic E-state index is 0.996.